The smallest absolute Gasteiger partial charge is 0.102 e. The molecule has 76 valence electrons. The Kier molecular flexibility index (Phi) is 3.55. The number of nitrogens with two attached hydrogens (primary N) is 1. The maximum Gasteiger partial charge on any atom is 0.102 e. The van der Waals surface area contributed by atoms with E-state index in [1.807, 2.05) is 19.4 Å². The summed E-state index contributed by atoms with van der Waals surface area (Å²) < 4.78 is 1.76. The molecule has 0 aromatic carbocycles. The highest BCUT2D eigenvalue weighted by atomic mass is 32.2. The lowest BCUT2D eigenvalue weighted by Gasteiger charge is -2.13. The van der Waals surface area contributed by atoms with E-state index < -0.39 is 5.54 Å². The maximum absolute atomic E-state index is 8.69. The third kappa shape index (κ3) is 3.40. The molecule has 0 aliphatic carbocycles. The normalized spacial score (nSPS) is 14.7. The van der Waals surface area contributed by atoms with Gasteiger partial charge in [0.25, 0.3) is 0 Å². The van der Waals surface area contributed by atoms with Crippen LogP contribution in [0.25, 0.3) is 0 Å². The molecule has 0 fully saturated rings. The first-order valence-corrected chi connectivity index (χ1v) is 5.34. The van der Waals surface area contributed by atoms with Gasteiger partial charge in [-0.1, -0.05) is 0 Å². The monoisotopic (exact) mass is 210 g/mol. The summed E-state index contributed by atoms with van der Waals surface area (Å²) in [5, 5.41) is 12.7. The van der Waals surface area contributed by atoms with Crippen LogP contribution in [0.2, 0.25) is 0 Å². The Morgan fingerprint density at radius 3 is 3.00 bits per heavy atom. The zero-order valence-electron chi connectivity index (χ0n) is 8.40. The van der Waals surface area contributed by atoms with Crippen molar-refractivity contribution in [3.63, 3.8) is 0 Å². The number of hydrogen-bond donors (Lipinski definition) is 1. The van der Waals surface area contributed by atoms with Crippen LogP contribution >= 0.6 is 11.8 Å². The second-order valence-corrected chi connectivity index (χ2v) is 4.65. The van der Waals surface area contributed by atoms with Crippen molar-refractivity contribution in [2.75, 3.05) is 5.75 Å². The van der Waals surface area contributed by atoms with Crippen LogP contribution in [-0.4, -0.2) is 21.1 Å². The van der Waals surface area contributed by atoms with E-state index in [0.29, 0.717) is 6.42 Å². The van der Waals surface area contributed by atoms with Crippen molar-refractivity contribution in [2.45, 2.75) is 23.8 Å². The van der Waals surface area contributed by atoms with Gasteiger partial charge in [-0.2, -0.15) is 10.4 Å². The Labute approximate surface area is 88.1 Å². The van der Waals surface area contributed by atoms with E-state index in [1.165, 1.54) is 0 Å². The minimum Gasteiger partial charge on any atom is -0.314 e. The largest absolute Gasteiger partial charge is 0.314 e. The molecular weight excluding hydrogens is 196 g/mol. The number of aromatic nitrogens is 2. The number of rotatable bonds is 4. The van der Waals surface area contributed by atoms with Gasteiger partial charge < -0.3 is 5.73 Å². The summed E-state index contributed by atoms with van der Waals surface area (Å²) in [5.41, 5.74) is 4.98. The highest BCUT2D eigenvalue weighted by Gasteiger charge is 2.16. The Bertz CT molecular complexity index is 337. The van der Waals surface area contributed by atoms with Gasteiger partial charge >= 0.3 is 0 Å². The molecule has 0 amide bonds. The SMILES string of the molecule is Cn1cc(SCCC(C)(N)C#N)cn1. The second kappa shape index (κ2) is 4.49. The van der Waals surface area contributed by atoms with E-state index in [2.05, 4.69) is 11.2 Å². The molecular formula is C9H14N4S. The topological polar surface area (TPSA) is 67.6 Å². The van der Waals surface area contributed by atoms with Gasteiger partial charge in [0.1, 0.15) is 5.54 Å². The van der Waals surface area contributed by atoms with Gasteiger partial charge in [0.15, 0.2) is 0 Å². The summed E-state index contributed by atoms with van der Waals surface area (Å²) in [7, 11) is 1.88. The van der Waals surface area contributed by atoms with Crippen molar-refractivity contribution >= 4 is 11.8 Å². The van der Waals surface area contributed by atoms with Crippen LogP contribution < -0.4 is 5.73 Å². The van der Waals surface area contributed by atoms with Gasteiger partial charge in [-0.3, -0.25) is 4.68 Å². The molecule has 0 saturated carbocycles. The van der Waals surface area contributed by atoms with Gasteiger partial charge in [-0.15, -0.1) is 11.8 Å². The van der Waals surface area contributed by atoms with Crippen LogP contribution in [0.5, 0.6) is 0 Å². The third-order valence-electron chi connectivity index (χ3n) is 1.83. The fourth-order valence-corrected chi connectivity index (χ4v) is 2.02. The van der Waals surface area contributed by atoms with Crippen LogP contribution in [0, 0.1) is 11.3 Å². The minimum absolute atomic E-state index is 0.684. The second-order valence-electron chi connectivity index (χ2n) is 3.48. The fraction of sp³-hybridized carbons (Fsp3) is 0.556. The number of nitrogens with zero attached hydrogens (tertiary/aromatic N) is 3. The predicted octanol–water partition coefficient (Wildman–Crippen LogP) is 1.14. The third-order valence-corrected chi connectivity index (χ3v) is 2.78. The van der Waals surface area contributed by atoms with Crippen LogP contribution in [0.1, 0.15) is 13.3 Å². The molecule has 1 rings (SSSR count). The van der Waals surface area contributed by atoms with E-state index in [-0.39, 0.29) is 0 Å². The zero-order valence-corrected chi connectivity index (χ0v) is 9.21. The van der Waals surface area contributed by atoms with E-state index in [0.717, 1.165) is 10.6 Å². The standard InChI is InChI=1S/C9H14N4S/c1-9(11,7-10)3-4-14-8-5-12-13(2)6-8/h5-6H,3-4,11H2,1-2H3. The summed E-state index contributed by atoms with van der Waals surface area (Å²) in [6.45, 7) is 1.75. The molecule has 1 atom stereocenters. The van der Waals surface area contributed by atoms with E-state index in [1.54, 1.807) is 23.4 Å². The molecule has 0 bridgehead atoms. The molecule has 1 unspecified atom stereocenters. The lowest BCUT2D eigenvalue weighted by Crippen LogP contribution is -2.34. The first-order valence-electron chi connectivity index (χ1n) is 4.35. The van der Waals surface area contributed by atoms with Crippen molar-refractivity contribution in [1.82, 2.24) is 9.78 Å². The highest BCUT2D eigenvalue weighted by Crippen LogP contribution is 2.19. The molecule has 0 aliphatic heterocycles. The predicted molar refractivity (Wildman–Crippen MR) is 56.8 cm³/mol. The quantitative estimate of drug-likeness (QED) is 0.757. The lowest BCUT2D eigenvalue weighted by molar-refractivity contribution is 0.583. The number of thioether (sulfide) groups is 1. The van der Waals surface area contributed by atoms with Crippen molar-refractivity contribution in [2.24, 2.45) is 12.8 Å². The molecule has 2 N–H and O–H groups in total. The van der Waals surface area contributed by atoms with Crippen molar-refractivity contribution in [3.05, 3.63) is 12.4 Å². The molecule has 14 heavy (non-hydrogen) atoms. The molecule has 1 aromatic heterocycles. The average Bonchev–Trinajstić information content (AvgIpc) is 2.51. The number of nitriles is 1. The van der Waals surface area contributed by atoms with Crippen molar-refractivity contribution in [1.29, 1.82) is 5.26 Å². The average molecular weight is 210 g/mol. The van der Waals surface area contributed by atoms with Crippen LogP contribution in [0.15, 0.2) is 17.3 Å². The van der Waals surface area contributed by atoms with Crippen LogP contribution in [-0.2, 0) is 7.05 Å². The molecule has 4 nitrogen and oxygen atoms in total. The Hall–Kier alpha value is -0.990. The van der Waals surface area contributed by atoms with Crippen molar-refractivity contribution < 1.29 is 0 Å². The molecule has 0 saturated heterocycles. The Morgan fingerprint density at radius 1 is 1.79 bits per heavy atom. The molecule has 5 heteroatoms. The van der Waals surface area contributed by atoms with E-state index in [4.69, 9.17) is 11.0 Å². The molecule has 1 heterocycles. The van der Waals surface area contributed by atoms with E-state index in [9.17, 15) is 0 Å². The summed E-state index contributed by atoms with van der Waals surface area (Å²) in [5.74, 6) is 0.840. The maximum atomic E-state index is 8.69. The van der Waals surface area contributed by atoms with Crippen LogP contribution in [0.4, 0.5) is 0 Å². The molecule has 0 radical (unpaired) electrons. The number of hydrogen-bond acceptors (Lipinski definition) is 4. The van der Waals surface area contributed by atoms with Gasteiger partial charge in [0.2, 0.25) is 0 Å². The first kappa shape index (κ1) is 11.1. The van der Waals surface area contributed by atoms with Gasteiger partial charge in [-0.05, 0) is 13.3 Å². The zero-order chi connectivity index (χ0) is 10.6. The summed E-state index contributed by atoms with van der Waals surface area (Å²) in [6.07, 6.45) is 4.44. The van der Waals surface area contributed by atoms with Crippen LogP contribution in [0.3, 0.4) is 0 Å². The Morgan fingerprint density at radius 2 is 2.50 bits per heavy atom. The molecule has 0 spiro atoms. The van der Waals surface area contributed by atoms with Gasteiger partial charge in [-0.25, -0.2) is 0 Å². The summed E-state index contributed by atoms with van der Waals surface area (Å²) in [4.78, 5) is 1.11. The summed E-state index contributed by atoms with van der Waals surface area (Å²) in [6, 6.07) is 2.08. The van der Waals surface area contributed by atoms with Gasteiger partial charge in [0.05, 0.1) is 12.3 Å². The number of aryl methyl sites for hydroxylation is 1. The highest BCUT2D eigenvalue weighted by molar-refractivity contribution is 7.99. The fourth-order valence-electron chi connectivity index (χ4n) is 0.910. The summed E-state index contributed by atoms with van der Waals surface area (Å²) >= 11 is 1.67. The van der Waals surface area contributed by atoms with Gasteiger partial charge in [0, 0.05) is 23.9 Å². The molecule has 1 aromatic rings. The van der Waals surface area contributed by atoms with Crippen molar-refractivity contribution in [3.8, 4) is 6.07 Å². The first-order chi connectivity index (χ1) is 6.53. The minimum atomic E-state index is -0.713. The lowest BCUT2D eigenvalue weighted by atomic mass is 10.0. The molecule has 0 aliphatic rings. The Balaban J connectivity index is 2.33. The van der Waals surface area contributed by atoms with E-state index >= 15 is 0 Å².